The van der Waals surface area contributed by atoms with E-state index in [1.165, 1.54) is 0 Å². The van der Waals surface area contributed by atoms with Gasteiger partial charge in [0.15, 0.2) is 0 Å². The fourth-order valence-electron chi connectivity index (χ4n) is 3.05. The third-order valence-electron chi connectivity index (χ3n) is 4.22. The van der Waals surface area contributed by atoms with Crippen molar-refractivity contribution in [2.75, 3.05) is 13.1 Å². The van der Waals surface area contributed by atoms with Crippen molar-refractivity contribution in [2.24, 2.45) is 11.8 Å². The summed E-state index contributed by atoms with van der Waals surface area (Å²) in [6.07, 6.45) is 1.85. The fraction of sp³-hybridized carbons (Fsp3) is 1.00. The molecule has 104 valence electrons. The Morgan fingerprint density at radius 3 is 1.82 bits per heavy atom. The van der Waals surface area contributed by atoms with Crippen LogP contribution in [-0.2, 0) is 0 Å². The lowest BCUT2D eigenvalue weighted by molar-refractivity contribution is -0.0511. The lowest BCUT2D eigenvalue weighted by Crippen LogP contribution is -2.56. The van der Waals surface area contributed by atoms with Gasteiger partial charge in [0.25, 0.3) is 0 Å². The third-order valence-corrected chi connectivity index (χ3v) is 4.22. The zero-order valence-corrected chi connectivity index (χ0v) is 13.0. The summed E-state index contributed by atoms with van der Waals surface area (Å²) in [6.45, 7) is 17.4. The quantitative estimate of drug-likeness (QED) is 0.705. The molecule has 0 aliphatic rings. The molecular formula is C15H33NO. The van der Waals surface area contributed by atoms with Crippen molar-refractivity contribution >= 4 is 0 Å². The van der Waals surface area contributed by atoms with E-state index < -0.39 is 0 Å². The van der Waals surface area contributed by atoms with Crippen LogP contribution in [0.2, 0.25) is 0 Å². The van der Waals surface area contributed by atoms with Gasteiger partial charge in [0.05, 0.1) is 6.10 Å². The van der Waals surface area contributed by atoms with E-state index in [0.717, 1.165) is 25.9 Å². The molecule has 2 nitrogen and oxygen atoms in total. The van der Waals surface area contributed by atoms with Crippen LogP contribution in [0.25, 0.3) is 0 Å². The Morgan fingerprint density at radius 2 is 1.53 bits per heavy atom. The van der Waals surface area contributed by atoms with Crippen molar-refractivity contribution in [3.8, 4) is 0 Å². The first kappa shape index (κ1) is 16.9. The minimum absolute atomic E-state index is 0.0855. The molecule has 0 rings (SSSR count). The van der Waals surface area contributed by atoms with Crippen LogP contribution in [0.4, 0.5) is 0 Å². The number of nitrogens with zero attached hydrogens (tertiary/aromatic N) is 1. The van der Waals surface area contributed by atoms with Crippen LogP contribution in [0.3, 0.4) is 0 Å². The molecule has 1 N–H and O–H groups in total. The van der Waals surface area contributed by atoms with Crippen LogP contribution in [0, 0.1) is 11.8 Å². The van der Waals surface area contributed by atoms with Gasteiger partial charge in [0.1, 0.15) is 0 Å². The lowest BCUT2D eigenvalue weighted by atomic mass is 9.79. The van der Waals surface area contributed by atoms with E-state index >= 15 is 0 Å². The van der Waals surface area contributed by atoms with E-state index in [0.29, 0.717) is 11.8 Å². The van der Waals surface area contributed by atoms with Crippen LogP contribution in [0.1, 0.15) is 61.3 Å². The Morgan fingerprint density at radius 1 is 1.06 bits per heavy atom. The number of aliphatic hydroxyl groups is 1. The summed E-state index contributed by atoms with van der Waals surface area (Å²) in [6, 6.07) is 0. The maximum Gasteiger partial charge on any atom is 0.0746 e. The molecule has 0 aromatic carbocycles. The Hall–Kier alpha value is -0.0800. The zero-order valence-electron chi connectivity index (χ0n) is 13.0. The number of likely N-dealkylation sites (N-methyl/N-ethyl adjacent to an activating group) is 1. The largest absolute Gasteiger partial charge is 0.391 e. The van der Waals surface area contributed by atoms with E-state index in [1.54, 1.807) is 0 Å². The van der Waals surface area contributed by atoms with Gasteiger partial charge in [-0.25, -0.2) is 0 Å². The molecule has 0 aliphatic carbocycles. The summed E-state index contributed by atoms with van der Waals surface area (Å²) in [5.74, 6) is 1.01. The first-order valence-electron chi connectivity index (χ1n) is 7.26. The molecule has 0 heterocycles. The molecule has 0 spiro atoms. The first-order chi connectivity index (χ1) is 7.83. The molecule has 3 atom stereocenters. The highest BCUT2D eigenvalue weighted by Gasteiger charge is 2.38. The topological polar surface area (TPSA) is 23.5 Å². The molecular weight excluding hydrogens is 210 g/mol. The second-order valence-corrected chi connectivity index (χ2v) is 5.93. The van der Waals surface area contributed by atoms with Gasteiger partial charge in [-0.15, -0.1) is 0 Å². The minimum atomic E-state index is -0.241. The van der Waals surface area contributed by atoms with Crippen LogP contribution in [0.5, 0.6) is 0 Å². The smallest absolute Gasteiger partial charge is 0.0746 e. The zero-order chi connectivity index (χ0) is 13.6. The van der Waals surface area contributed by atoms with Crippen LogP contribution < -0.4 is 0 Å². The van der Waals surface area contributed by atoms with Gasteiger partial charge in [-0.05, 0) is 44.7 Å². The molecule has 0 saturated heterocycles. The summed E-state index contributed by atoms with van der Waals surface area (Å²) in [5, 5.41) is 10.7. The van der Waals surface area contributed by atoms with E-state index in [9.17, 15) is 5.11 Å². The molecule has 0 bridgehead atoms. The van der Waals surface area contributed by atoms with Crippen LogP contribution in [-0.4, -0.2) is 34.7 Å². The first-order valence-corrected chi connectivity index (χ1v) is 7.26. The highest BCUT2D eigenvalue weighted by Crippen LogP contribution is 2.30. The maximum atomic E-state index is 10.7. The third kappa shape index (κ3) is 4.26. The summed E-state index contributed by atoms with van der Waals surface area (Å²) in [4.78, 5) is 2.40. The molecule has 0 fully saturated rings. The standard InChI is InChI=1S/C15H33NO/c1-8-15(7,16(9-2)10-3)14(17)13(6)11-12(4)5/h12-14,17H,8-11H2,1-7H3. The van der Waals surface area contributed by atoms with Gasteiger partial charge < -0.3 is 5.11 Å². The van der Waals surface area contributed by atoms with Crippen LogP contribution in [0.15, 0.2) is 0 Å². The van der Waals surface area contributed by atoms with E-state index in [-0.39, 0.29) is 11.6 Å². The van der Waals surface area contributed by atoms with Gasteiger partial charge in [-0.3, -0.25) is 4.90 Å². The van der Waals surface area contributed by atoms with Crippen molar-refractivity contribution in [1.29, 1.82) is 0 Å². The van der Waals surface area contributed by atoms with Crippen molar-refractivity contribution in [3.05, 3.63) is 0 Å². The Kier molecular flexibility index (Phi) is 7.34. The predicted molar refractivity (Wildman–Crippen MR) is 76.2 cm³/mol. The molecule has 0 aromatic rings. The van der Waals surface area contributed by atoms with E-state index in [2.05, 4.69) is 53.4 Å². The monoisotopic (exact) mass is 243 g/mol. The minimum Gasteiger partial charge on any atom is -0.391 e. The number of aliphatic hydroxyl groups excluding tert-OH is 1. The van der Waals surface area contributed by atoms with E-state index in [1.807, 2.05) is 0 Å². The summed E-state index contributed by atoms with van der Waals surface area (Å²) in [5.41, 5.74) is -0.0855. The molecule has 0 radical (unpaired) electrons. The number of hydrogen-bond acceptors (Lipinski definition) is 2. The van der Waals surface area contributed by atoms with Gasteiger partial charge in [0.2, 0.25) is 0 Å². The van der Waals surface area contributed by atoms with Gasteiger partial charge in [-0.2, -0.15) is 0 Å². The number of hydrogen-bond donors (Lipinski definition) is 1. The Labute approximate surface area is 108 Å². The van der Waals surface area contributed by atoms with Crippen molar-refractivity contribution in [2.45, 2.75) is 73.0 Å². The molecule has 0 aliphatic heterocycles. The summed E-state index contributed by atoms with van der Waals surface area (Å²) in [7, 11) is 0. The Bertz CT molecular complexity index is 201. The highest BCUT2D eigenvalue weighted by atomic mass is 16.3. The lowest BCUT2D eigenvalue weighted by Gasteiger charge is -2.45. The molecule has 17 heavy (non-hydrogen) atoms. The van der Waals surface area contributed by atoms with Crippen molar-refractivity contribution < 1.29 is 5.11 Å². The highest BCUT2D eigenvalue weighted by molar-refractivity contribution is 4.93. The molecule has 0 amide bonds. The maximum absolute atomic E-state index is 10.7. The normalized spacial score (nSPS) is 19.4. The van der Waals surface area contributed by atoms with Crippen LogP contribution >= 0.6 is 0 Å². The van der Waals surface area contributed by atoms with Crippen molar-refractivity contribution in [1.82, 2.24) is 4.90 Å². The summed E-state index contributed by atoms with van der Waals surface area (Å²) < 4.78 is 0. The van der Waals surface area contributed by atoms with E-state index in [4.69, 9.17) is 0 Å². The molecule has 0 aromatic heterocycles. The Balaban J connectivity index is 4.82. The second-order valence-electron chi connectivity index (χ2n) is 5.93. The SMILES string of the molecule is CCN(CC)C(C)(CC)C(O)C(C)CC(C)C. The predicted octanol–water partition coefficient (Wildman–Crippen LogP) is 3.54. The molecule has 0 saturated carbocycles. The van der Waals surface area contributed by atoms with Crippen molar-refractivity contribution in [3.63, 3.8) is 0 Å². The second kappa shape index (κ2) is 7.38. The van der Waals surface area contributed by atoms with Gasteiger partial charge in [0, 0.05) is 5.54 Å². The average molecular weight is 243 g/mol. The van der Waals surface area contributed by atoms with Gasteiger partial charge in [-0.1, -0.05) is 41.5 Å². The average Bonchev–Trinajstić information content (AvgIpc) is 2.28. The molecule has 3 unspecified atom stereocenters. The number of rotatable bonds is 8. The summed E-state index contributed by atoms with van der Waals surface area (Å²) >= 11 is 0. The van der Waals surface area contributed by atoms with Gasteiger partial charge >= 0.3 is 0 Å². The fourth-order valence-corrected chi connectivity index (χ4v) is 3.05. The molecule has 2 heteroatoms.